The van der Waals surface area contributed by atoms with Crippen LogP contribution >= 0.6 is 0 Å². The summed E-state index contributed by atoms with van der Waals surface area (Å²) >= 11 is 0. The van der Waals surface area contributed by atoms with E-state index < -0.39 is 0 Å². The van der Waals surface area contributed by atoms with Crippen molar-refractivity contribution in [2.75, 3.05) is 26.7 Å². The van der Waals surface area contributed by atoms with Crippen LogP contribution in [0.3, 0.4) is 0 Å². The molecule has 1 rings (SSSR count). The molecule has 0 aromatic heterocycles. The van der Waals surface area contributed by atoms with Gasteiger partial charge in [0, 0.05) is 19.1 Å². The molecular formula is C13H28N2. The van der Waals surface area contributed by atoms with Gasteiger partial charge in [-0.25, -0.2) is 0 Å². The maximum Gasteiger partial charge on any atom is 0.0192 e. The number of hydrogen-bond donors (Lipinski definition) is 1. The van der Waals surface area contributed by atoms with Crippen LogP contribution in [-0.4, -0.2) is 37.6 Å². The van der Waals surface area contributed by atoms with Crippen LogP contribution in [0.4, 0.5) is 0 Å². The highest BCUT2D eigenvalue weighted by Crippen LogP contribution is 2.26. The fourth-order valence-electron chi connectivity index (χ4n) is 2.25. The summed E-state index contributed by atoms with van der Waals surface area (Å²) < 4.78 is 0. The summed E-state index contributed by atoms with van der Waals surface area (Å²) in [4.78, 5) is 2.51. The van der Waals surface area contributed by atoms with E-state index in [1.54, 1.807) is 0 Å². The Morgan fingerprint density at radius 2 is 2.07 bits per heavy atom. The predicted molar refractivity (Wildman–Crippen MR) is 67.2 cm³/mol. The van der Waals surface area contributed by atoms with E-state index in [0.29, 0.717) is 6.04 Å². The molecule has 0 aromatic rings. The minimum absolute atomic E-state index is 0.690. The molecule has 0 heterocycles. The molecular weight excluding hydrogens is 184 g/mol. The van der Waals surface area contributed by atoms with Crippen LogP contribution in [0.1, 0.15) is 46.0 Å². The van der Waals surface area contributed by atoms with Gasteiger partial charge in [-0.05, 0) is 45.2 Å². The van der Waals surface area contributed by atoms with Gasteiger partial charge in [0.2, 0.25) is 0 Å². The van der Waals surface area contributed by atoms with Crippen molar-refractivity contribution < 1.29 is 0 Å². The Morgan fingerprint density at radius 3 is 2.53 bits per heavy atom. The third-order valence-electron chi connectivity index (χ3n) is 3.50. The highest BCUT2D eigenvalue weighted by atomic mass is 15.1. The zero-order valence-corrected chi connectivity index (χ0v) is 10.8. The molecule has 1 N–H and O–H groups in total. The first-order valence-electron chi connectivity index (χ1n) is 6.68. The monoisotopic (exact) mass is 212 g/mol. The zero-order chi connectivity index (χ0) is 11.1. The van der Waals surface area contributed by atoms with Crippen LogP contribution in [0.5, 0.6) is 0 Å². The smallest absolute Gasteiger partial charge is 0.0192 e. The Kier molecular flexibility index (Phi) is 6.26. The minimum Gasteiger partial charge on any atom is -0.313 e. The van der Waals surface area contributed by atoms with Crippen molar-refractivity contribution >= 4 is 0 Å². The molecule has 2 heteroatoms. The van der Waals surface area contributed by atoms with Crippen molar-refractivity contribution in [3.63, 3.8) is 0 Å². The average molecular weight is 212 g/mol. The second-order valence-electron chi connectivity index (χ2n) is 5.08. The van der Waals surface area contributed by atoms with Gasteiger partial charge in [-0.1, -0.05) is 20.3 Å². The van der Waals surface area contributed by atoms with Crippen LogP contribution in [0.25, 0.3) is 0 Å². The molecule has 1 aliphatic carbocycles. The summed E-state index contributed by atoms with van der Waals surface area (Å²) in [6.45, 7) is 8.20. The zero-order valence-electron chi connectivity index (χ0n) is 10.8. The molecule has 1 aliphatic rings. The summed E-state index contributed by atoms with van der Waals surface area (Å²) in [6.07, 6.45) is 6.87. The average Bonchev–Trinajstić information content (AvgIpc) is 2.18. The Balaban J connectivity index is 2.11. The lowest BCUT2D eigenvalue weighted by Gasteiger charge is -2.32. The van der Waals surface area contributed by atoms with Crippen molar-refractivity contribution in [3.8, 4) is 0 Å². The molecule has 0 aliphatic heterocycles. The van der Waals surface area contributed by atoms with Gasteiger partial charge in [0.05, 0.1) is 0 Å². The van der Waals surface area contributed by atoms with Crippen molar-refractivity contribution in [2.24, 2.45) is 5.92 Å². The molecule has 0 saturated heterocycles. The lowest BCUT2D eigenvalue weighted by Crippen LogP contribution is -2.41. The topological polar surface area (TPSA) is 15.3 Å². The lowest BCUT2D eigenvalue weighted by atomic mass is 9.85. The van der Waals surface area contributed by atoms with E-state index >= 15 is 0 Å². The SMILES string of the molecule is CCCNC(CC)CN(C)CC1CCC1. The molecule has 0 aromatic carbocycles. The van der Waals surface area contributed by atoms with E-state index in [-0.39, 0.29) is 0 Å². The van der Waals surface area contributed by atoms with Crippen LogP contribution in [0.2, 0.25) is 0 Å². The van der Waals surface area contributed by atoms with Gasteiger partial charge in [-0.15, -0.1) is 0 Å². The van der Waals surface area contributed by atoms with E-state index in [1.165, 1.54) is 45.2 Å². The predicted octanol–water partition coefficient (Wildman–Crippen LogP) is 2.50. The van der Waals surface area contributed by atoms with Gasteiger partial charge in [0.1, 0.15) is 0 Å². The van der Waals surface area contributed by atoms with E-state index in [0.717, 1.165) is 12.5 Å². The Hall–Kier alpha value is -0.0800. The van der Waals surface area contributed by atoms with Gasteiger partial charge in [-0.2, -0.15) is 0 Å². The van der Waals surface area contributed by atoms with Gasteiger partial charge in [0.15, 0.2) is 0 Å². The third-order valence-corrected chi connectivity index (χ3v) is 3.50. The number of likely N-dealkylation sites (N-methyl/N-ethyl adjacent to an activating group) is 1. The number of nitrogens with zero attached hydrogens (tertiary/aromatic N) is 1. The Labute approximate surface area is 95.4 Å². The summed E-state index contributed by atoms with van der Waals surface area (Å²) in [5.41, 5.74) is 0. The van der Waals surface area contributed by atoms with Gasteiger partial charge >= 0.3 is 0 Å². The van der Waals surface area contributed by atoms with E-state index in [2.05, 4.69) is 31.1 Å². The third kappa shape index (κ3) is 4.98. The van der Waals surface area contributed by atoms with Gasteiger partial charge < -0.3 is 10.2 Å². The maximum atomic E-state index is 3.62. The first-order valence-corrected chi connectivity index (χ1v) is 6.68. The molecule has 90 valence electrons. The van der Waals surface area contributed by atoms with Crippen molar-refractivity contribution in [1.29, 1.82) is 0 Å². The molecule has 0 spiro atoms. The van der Waals surface area contributed by atoms with Crippen LogP contribution in [0.15, 0.2) is 0 Å². The van der Waals surface area contributed by atoms with Crippen molar-refractivity contribution in [2.45, 2.75) is 52.0 Å². The van der Waals surface area contributed by atoms with Crippen molar-refractivity contribution in [3.05, 3.63) is 0 Å². The number of hydrogen-bond acceptors (Lipinski definition) is 2. The van der Waals surface area contributed by atoms with Gasteiger partial charge in [-0.3, -0.25) is 0 Å². The Bertz CT molecular complexity index is 155. The summed E-state index contributed by atoms with van der Waals surface area (Å²) in [5, 5.41) is 3.62. The second kappa shape index (κ2) is 7.24. The molecule has 0 amide bonds. The first-order chi connectivity index (χ1) is 7.26. The fraction of sp³-hybridized carbons (Fsp3) is 1.00. The highest BCUT2D eigenvalue weighted by Gasteiger charge is 2.19. The van der Waals surface area contributed by atoms with E-state index in [1.807, 2.05) is 0 Å². The lowest BCUT2D eigenvalue weighted by molar-refractivity contribution is 0.190. The molecule has 2 nitrogen and oxygen atoms in total. The second-order valence-corrected chi connectivity index (χ2v) is 5.08. The highest BCUT2D eigenvalue weighted by molar-refractivity contribution is 4.75. The van der Waals surface area contributed by atoms with E-state index in [4.69, 9.17) is 0 Å². The number of nitrogens with one attached hydrogen (secondary N) is 1. The van der Waals surface area contributed by atoms with Crippen LogP contribution in [-0.2, 0) is 0 Å². The standard InChI is InChI=1S/C13H28N2/c1-4-9-14-13(5-2)11-15(3)10-12-7-6-8-12/h12-14H,4-11H2,1-3H3. The molecule has 1 saturated carbocycles. The fourth-order valence-corrected chi connectivity index (χ4v) is 2.25. The van der Waals surface area contributed by atoms with Crippen LogP contribution in [0, 0.1) is 5.92 Å². The maximum absolute atomic E-state index is 3.62. The molecule has 1 unspecified atom stereocenters. The molecule has 0 radical (unpaired) electrons. The molecule has 1 fully saturated rings. The normalized spacial score (nSPS) is 19.2. The summed E-state index contributed by atoms with van der Waals surface area (Å²) in [6, 6.07) is 0.690. The summed E-state index contributed by atoms with van der Waals surface area (Å²) in [5.74, 6) is 0.999. The summed E-state index contributed by atoms with van der Waals surface area (Å²) in [7, 11) is 2.27. The van der Waals surface area contributed by atoms with Gasteiger partial charge in [0.25, 0.3) is 0 Å². The first kappa shape index (κ1) is 13.0. The minimum atomic E-state index is 0.690. The number of rotatable bonds is 8. The van der Waals surface area contributed by atoms with E-state index in [9.17, 15) is 0 Å². The Morgan fingerprint density at radius 1 is 1.33 bits per heavy atom. The van der Waals surface area contributed by atoms with Crippen LogP contribution < -0.4 is 5.32 Å². The molecule has 1 atom stereocenters. The molecule has 15 heavy (non-hydrogen) atoms. The van der Waals surface area contributed by atoms with Crippen molar-refractivity contribution in [1.82, 2.24) is 10.2 Å². The largest absolute Gasteiger partial charge is 0.313 e. The molecule has 0 bridgehead atoms. The quantitative estimate of drug-likeness (QED) is 0.665.